The van der Waals surface area contributed by atoms with Gasteiger partial charge < -0.3 is 9.64 Å². The first-order valence-electron chi connectivity index (χ1n) is 14.1. The van der Waals surface area contributed by atoms with Crippen LogP contribution in [0, 0.1) is 17.8 Å². The SMILES string of the molecule is COc1ccc([C@H]2N[C@]3(CCCN(CC4CCCCC4)C3=O)[C@H]3C(=O)N(Cc4ccccc4)C(=O)[C@@H]23)cc1. The Morgan fingerprint density at radius 2 is 1.66 bits per heavy atom. The summed E-state index contributed by atoms with van der Waals surface area (Å²) in [7, 11) is 1.62. The van der Waals surface area contributed by atoms with Gasteiger partial charge in [0.1, 0.15) is 11.3 Å². The molecule has 2 aromatic carbocycles. The highest BCUT2D eigenvalue weighted by Crippen LogP contribution is 2.52. The van der Waals surface area contributed by atoms with E-state index in [1.807, 2.05) is 59.5 Å². The van der Waals surface area contributed by atoms with Gasteiger partial charge in [0.25, 0.3) is 0 Å². The number of hydrogen-bond donors (Lipinski definition) is 1. The average molecular weight is 516 g/mol. The van der Waals surface area contributed by atoms with Crippen molar-refractivity contribution in [3.8, 4) is 5.75 Å². The van der Waals surface area contributed by atoms with Crippen LogP contribution in [0.5, 0.6) is 5.75 Å². The van der Waals surface area contributed by atoms with Crippen molar-refractivity contribution in [1.29, 1.82) is 0 Å². The lowest BCUT2D eigenvalue weighted by molar-refractivity contribution is -0.150. The summed E-state index contributed by atoms with van der Waals surface area (Å²) in [4.78, 5) is 45.7. The molecule has 3 saturated heterocycles. The van der Waals surface area contributed by atoms with Crippen LogP contribution < -0.4 is 10.1 Å². The highest BCUT2D eigenvalue weighted by molar-refractivity contribution is 6.10. The number of amides is 3. The first kappa shape index (κ1) is 25.1. The lowest BCUT2D eigenvalue weighted by Crippen LogP contribution is -2.64. The number of carbonyl (C=O) groups is 3. The molecule has 6 rings (SSSR count). The number of benzene rings is 2. The molecule has 3 heterocycles. The van der Waals surface area contributed by atoms with E-state index in [9.17, 15) is 14.4 Å². The summed E-state index contributed by atoms with van der Waals surface area (Å²) >= 11 is 0. The lowest BCUT2D eigenvalue weighted by atomic mass is 9.74. The third kappa shape index (κ3) is 4.21. The van der Waals surface area contributed by atoms with Crippen LogP contribution in [-0.4, -0.2) is 53.3 Å². The molecule has 0 unspecified atom stereocenters. The minimum atomic E-state index is -1.06. The van der Waals surface area contributed by atoms with Crippen LogP contribution >= 0.6 is 0 Å². The second-order valence-corrected chi connectivity index (χ2v) is 11.5. The van der Waals surface area contributed by atoms with Crippen LogP contribution in [0.25, 0.3) is 0 Å². The Balaban J connectivity index is 1.35. The van der Waals surface area contributed by atoms with E-state index >= 15 is 0 Å². The van der Waals surface area contributed by atoms with E-state index in [0.717, 1.165) is 49.2 Å². The molecular formula is C31H37N3O4. The maximum absolute atomic E-state index is 14.3. The second-order valence-electron chi connectivity index (χ2n) is 11.5. The van der Waals surface area contributed by atoms with Crippen LogP contribution in [0.1, 0.15) is 62.1 Å². The van der Waals surface area contributed by atoms with Crippen molar-refractivity contribution < 1.29 is 19.1 Å². The van der Waals surface area contributed by atoms with Crippen molar-refractivity contribution in [3.63, 3.8) is 0 Å². The fourth-order valence-corrected chi connectivity index (χ4v) is 7.40. The third-order valence-electron chi connectivity index (χ3n) is 9.28. The van der Waals surface area contributed by atoms with Gasteiger partial charge in [-0.05, 0) is 54.9 Å². The second kappa shape index (κ2) is 10.2. The monoisotopic (exact) mass is 515 g/mol. The standard InChI is InChI=1S/C31H37N3O4/c1-38-24-15-13-23(14-16-24)27-25-26(29(36)34(28(25)35)20-22-11-6-3-7-12-22)31(32-27)17-8-18-33(30(31)37)19-21-9-4-2-5-10-21/h3,6-7,11-16,21,25-27,32H,2,4-5,8-10,17-20H2,1H3/t25-,26-,27-,31-/m1/s1. The molecular weight excluding hydrogens is 478 g/mol. The predicted molar refractivity (Wildman–Crippen MR) is 143 cm³/mol. The number of fused-ring (bicyclic) bond motifs is 2. The van der Waals surface area contributed by atoms with E-state index in [2.05, 4.69) is 5.32 Å². The molecule has 3 amide bonds. The van der Waals surface area contributed by atoms with Crippen LogP contribution in [0.4, 0.5) is 0 Å². The van der Waals surface area contributed by atoms with Crippen molar-refractivity contribution in [3.05, 3.63) is 65.7 Å². The summed E-state index contributed by atoms with van der Waals surface area (Å²) in [6, 6.07) is 16.8. The molecule has 4 aliphatic rings. The van der Waals surface area contributed by atoms with E-state index in [0.29, 0.717) is 12.3 Å². The van der Waals surface area contributed by atoms with E-state index < -0.39 is 23.4 Å². The molecule has 1 N–H and O–H groups in total. The minimum absolute atomic E-state index is 0.00282. The molecule has 200 valence electrons. The molecule has 0 aromatic heterocycles. The van der Waals surface area contributed by atoms with Gasteiger partial charge in [-0.1, -0.05) is 61.7 Å². The molecule has 2 aromatic rings. The molecule has 1 aliphatic carbocycles. The Hall–Kier alpha value is -3.19. The fraction of sp³-hybridized carbons (Fsp3) is 0.516. The average Bonchev–Trinajstić information content (AvgIpc) is 3.42. The van der Waals surface area contributed by atoms with Gasteiger partial charge in [-0.2, -0.15) is 0 Å². The van der Waals surface area contributed by atoms with Crippen molar-refractivity contribution in [2.24, 2.45) is 17.8 Å². The number of carbonyl (C=O) groups excluding carboxylic acids is 3. The smallest absolute Gasteiger partial charge is 0.243 e. The number of piperidine rings is 1. The first-order chi connectivity index (χ1) is 18.5. The summed E-state index contributed by atoms with van der Waals surface area (Å²) in [6.07, 6.45) is 7.43. The summed E-state index contributed by atoms with van der Waals surface area (Å²) in [6.45, 7) is 1.71. The van der Waals surface area contributed by atoms with Crippen molar-refractivity contribution in [1.82, 2.24) is 15.1 Å². The highest BCUT2D eigenvalue weighted by atomic mass is 16.5. The predicted octanol–water partition coefficient (Wildman–Crippen LogP) is 4.08. The van der Waals surface area contributed by atoms with Gasteiger partial charge in [0.15, 0.2) is 0 Å². The zero-order valence-electron chi connectivity index (χ0n) is 22.1. The van der Waals surface area contributed by atoms with E-state index in [1.165, 1.54) is 24.2 Å². The van der Waals surface area contributed by atoms with Crippen molar-refractivity contribution in [2.45, 2.75) is 63.1 Å². The molecule has 4 fully saturated rings. The molecule has 0 radical (unpaired) electrons. The van der Waals surface area contributed by atoms with Crippen LogP contribution in [-0.2, 0) is 20.9 Å². The zero-order valence-corrected chi connectivity index (χ0v) is 22.1. The van der Waals surface area contributed by atoms with Gasteiger partial charge in [-0.25, -0.2) is 0 Å². The normalized spacial score (nSPS) is 29.8. The third-order valence-corrected chi connectivity index (χ3v) is 9.28. The highest BCUT2D eigenvalue weighted by Gasteiger charge is 2.69. The largest absolute Gasteiger partial charge is 0.497 e. The summed E-state index contributed by atoms with van der Waals surface area (Å²) in [5.41, 5.74) is 0.754. The summed E-state index contributed by atoms with van der Waals surface area (Å²) < 4.78 is 5.34. The molecule has 0 bridgehead atoms. The molecule has 3 aliphatic heterocycles. The molecule has 1 spiro atoms. The maximum atomic E-state index is 14.3. The van der Waals surface area contributed by atoms with E-state index in [1.54, 1.807) is 7.11 Å². The number of ether oxygens (including phenoxy) is 1. The maximum Gasteiger partial charge on any atom is 0.243 e. The number of imide groups is 1. The molecule has 1 saturated carbocycles. The quantitative estimate of drug-likeness (QED) is 0.587. The number of nitrogens with zero attached hydrogens (tertiary/aromatic N) is 2. The van der Waals surface area contributed by atoms with Gasteiger partial charge in [0.2, 0.25) is 17.7 Å². The van der Waals surface area contributed by atoms with E-state index in [-0.39, 0.29) is 24.3 Å². The Morgan fingerprint density at radius 1 is 0.921 bits per heavy atom. The van der Waals surface area contributed by atoms with Crippen LogP contribution in [0.3, 0.4) is 0 Å². The number of likely N-dealkylation sites (tertiary alicyclic amines) is 2. The fourth-order valence-electron chi connectivity index (χ4n) is 7.40. The number of hydrogen-bond acceptors (Lipinski definition) is 5. The first-order valence-corrected chi connectivity index (χ1v) is 14.1. The lowest BCUT2D eigenvalue weighted by Gasteiger charge is -2.43. The summed E-state index contributed by atoms with van der Waals surface area (Å²) in [5.74, 6) is -0.474. The number of nitrogens with one attached hydrogen (secondary N) is 1. The van der Waals surface area contributed by atoms with Crippen LogP contribution in [0.2, 0.25) is 0 Å². The molecule has 7 nitrogen and oxygen atoms in total. The number of methoxy groups -OCH3 is 1. The Labute approximate surface area is 224 Å². The molecule has 4 atom stereocenters. The zero-order chi connectivity index (χ0) is 26.3. The van der Waals surface area contributed by atoms with Crippen molar-refractivity contribution in [2.75, 3.05) is 20.2 Å². The van der Waals surface area contributed by atoms with Crippen molar-refractivity contribution >= 4 is 17.7 Å². The Bertz CT molecular complexity index is 1190. The topological polar surface area (TPSA) is 79.0 Å². The van der Waals surface area contributed by atoms with Gasteiger partial charge in [0.05, 0.1) is 25.5 Å². The molecule has 7 heteroatoms. The molecule has 38 heavy (non-hydrogen) atoms. The Kier molecular flexibility index (Phi) is 6.72. The van der Waals surface area contributed by atoms with Gasteiger partial charge in [-0.15, -0.1) is 0 Å². The van der Waals surface area contributed by atoms with Crippen LogP contribution in [0.15, 0.2) is 54.6 Å². The van der Waals surface area contributed by atoms with Gasteiger partial charge in [0, 0.05) is 19.1 Å². The van der Waals surface area contributed by atoms with E-state index in [4.69, 9.17) is 4.74 Å². The minimum Gasteiger partial charge on any atom is -0.497 e. The Morgan fingerprint density at radius 3 is 2.37 bits per heavy atom. The summed E-state index contributed by atoms with van der Waals surface area (Å²) in [5, 5.41) is 3.62. The van der Waals surface area contributed by atoms with Gasteiger partial charge >= 0.3 is 0 Å². The number of rotatable bonds is 6. The van der Waals surface area contributed by atoms with Gasteiger partial charge in [-0.3, -0.25) is 24.6 Å².